The van der Waals surface area contributed by atoms with Gasteiger partial charge in [0.15, 0.2) is 0 Å². The van der Waals surface area contributed by atoms with Crippen LogP contribution in [0.25, 0.3) is 0 Å². The van der Waals surface area contributed by atoms with Crippen LogP contribution in [0, 0.1) is 0 Å². The molecule has 1 rings (SSSR count). The van der Waals surface area contributed by atoms with Gasteiger partial charge < -0.3 is 0 Å². The van der Waals surface area contributed by atoms with Crippen molar-refractivity contribution >= 4 is 0 Å². The molecule has 0 aliphatic carbocycles. The Hall–Kier alpha value is -1.04. The van der Waals surface area contributed by atoms with Crippen LogP contribution < -0.4 is 0 Å². The molecular weight excluding hydrogens is 168 g/mol. The maximum Gasteiger partial charge on any atom is -0.0127 e. The molecule has 0 radical (unpaired) electrons. The summed E-state index contributed by atoms with van der Waals surface area (Å²) >= 11 is 0. The smallest absolute Gasteiger partial charge is 0.0127 e. The Balaban J connectivity index is 2.67. The number of rotatable bonds is 5. The van der Waals surface area contributed by atoms with E-state index in [0.29, 0.717) is 5.92 Å². The number of allylic oxidation sites excluding steroid dienone is 2. The van der Waals surface area contributed by atoms with E-state index < -0.39 is 0 Å². The van der Waals surface area contributed by atoms with Crippen LogP contribution in [0.3, 0.4) is 0 Å². The van der Waals surface area contributed by atoms with Gasteiger partial charge in [-0.2, -0.15) is 0 Å². The molecule has 0 saturated carbocycles. The van der Waals surface area contributed by atoms with Gasteiger partial charge in [0.1, 0.15) is 0 Å². The zero-order chi connectivity index (χ0) is 10.2. The lowest BCUT2D eigenvalue weighted by Crippen LogP contribution is -1.96. The highest BCUT2D eigenvalue weighted by atomic mass is 14.1. The fraction of sp³-hybridized carbons (Fsp3) is 0.429. The molecule has 0 saturated heterocycles. The molecule has 0 fully saturated rings. The van der Waals surface area contributed by atoms with Crippen molar-refractivity contribution in [1.82, 2.24) is 0 Å². The van der Waals surface area contributed by atoms with Gasteiger partial charge in [-0.05, 0) is 31.2 Å². The third kappa shape index (κ3) is 3.37. The molecule has 0 heteroatoms. The molecule has 0 heterocycles. The Morgan fingerprint density at radius 1 is 1.21 bits per heavy atom. The third-order valence-electron chi connectivity index (χ3n) is 2.56. The normalized spacial score (nSPS) is 13.3. The summed E-state index contributed by atoms with van der Waals surface area (Å²) in [6, 6.07) is 10.8. The molecule has 14 heavy (non-hydrogen) atoms. The maximum absolute atomic E-state index is 2.27. The van der Waals surface area contributed by atoms with Crippen LogP contribution in [-0.4, -0.2) is 0 Å². The van der Waals surface area contributed by atoms with Crippen LogP contribution in [0.15, 0.2) is 42.5 Å². The van der Waals surface area contributed by atoms with E-state index in [0.717, 1.165) is 0 Å². The minimum atomic E-state index is 0.706. The predicted octanol–water partition coefficient (Wildman–Crippen LogP) is 4.54. The van der Waals surface area contributed by atoms with Crippen molar-refractivity contribution < 1.29 is 0 Å². The van der Waals surface area contributed by atoms with Crippen LogP contribution in [0.1, 0.15) is 44.6 Å². The first kappa shape index (κ1) is 11.0. The average Bonchev–Trinajstić information content (AvgIpc) is 2.25. The molecule has 1 aromatic rings. The summed E-state index contributed by atoms with van der Waals surface area (Å²) in [5.74, 6) is 0.706. The van der Waals surface area contributed by atoms with E-state index in [4.69, 9.17) is 0 Å². The second kappa shape index (κ2) is 6.42. The predicted molar refractivity (Wildman–Crippen MR) is 63.5 cm³/mol. The van der Waals surface area contributed by atoms with Crippen molar-refractivity contribution in [2.75, 3.05) is 0 Å². The molecule has 1 unspecified atom stereocenters. The fourth-order valence-corrected chi connectivity index (χ4v) is 1.79. The van der Waals surface area contributed by atoms with Gasteiger partial charge in [-0.3, -0.25) is 0 Å². The highest BCUT2D eigenvalue weighted by Gasteiger charge is 2.07. The highest BCUT2D eigenvalue weighted by molar-refractivity contribution is 5.20. The molecular formula is C14H20. The van der Waals surface area contributed by atoms with E-state index in [1.54, 1.807) is 0 Å². The quantitative estimate of drug-likeness (QED) is 0.595. The Morgan fingerprint density at radius 2 is 1.93 bits per heavy atom. The van der Waals surface area contributed by atoms with E-state index in [9.17, 15) is 0 Å². The van der Waals surface area contributed by atoms with E-state index >= 15 is 0 Å². The van der Waals surface area contributed by atoms with Gasteiger partial charge in [0.25, 0.3) is 0 Å². The van der Waals surface area contributed by atoms with Gasteiger partial charge in [0, 0.05) is 0 Å². The standard InChI is InChI=1S/C14H20/c1-3-5-10-13(9-4-2)14-11-7-6-8-12-14/h3,5-8,11-13H,4,9-10H2,1-2H3/b5-3+. The van der Waals surface area contributed by atoms with Gasteiger partial charge in [-0.25, -0.2) is 0 Å². The number of hydrogen-bond acceptors (Lipinski definition) is 0. The lowest BCUT2D eigenvalue weighted by atomic mass is 9.91. The molecule has 0 N–H and O–H groups in total. The zero-order valence-corrected chi connectivity index (χ0v) is 9.24. The summed E-state index contributed by atoms with van der Waals surface area (Å²) in [6.07, 6.45) is 8.14. The van der Waals surface area contributed by atoms with Crippen molar-refractivity contribution in [3.8, 4) is 0 Å². The summed E-state index contributed by atoms with van der Waals surface area (Å²) in [5, 5.41) is 0. The summed E-state index contributed by atoms with van der Waals surface area (Å²) in [6.45, 7) is 4.35. The lowest BCUT2D eigenvalue weighted by molar-refractivity contribution is 0.620. The molecule has 0 amide bonds. The Bertz CT molecular complexity index is 259. The third-order valence-corrected chi connectivity index (χ3v) is 2.56. The summed E-state index contributed by atoms with van der Waals surface area (Å²) in [4.78, 5) is 0. The van der Waals surface area contributed by atoms with Crippen LogP contribution in [0.4, 0.5) is 0 Å². The maximum atomic E-state index is 2.27. The monoisotopic (exact) mass is 188 g/mol. The number of benzene rings is 1. The van der Waals surface area contributed by atoms with E-state index in [1.165, 1.54) is 24.8 Å². The molecule has 0 bridgehead atoms. The van der Waals surface area contributed by atoms with Crippen LogP contribution in [0.2, 0.25) is 0 Å². The second-order valence-corrected chi connectivity index (χ2v) is 3.70. The minimum Gasteiger partial charge on any atom is -0.0916 e. The van der Waals surface area contributed by atoms with Gasteiger partial charge in [0.05, 0.1) is 0 Å². The molecule has 0 aromatic heterocycles. The fourth-order valence-electron chi connectivity index (χ4n) is 1.79. The summed E-state index contributed by atoms with van der Waals surface area (Å²) in [5.41, 5.74) is 1.48. The van der Waals surface area contributed by atoms with Crippen LogP contribution in [-0.2, 0) is 0 Å². The Morgan fingerprint density at radius 3 is 2.50 bits per heavy atom. The van der Waals surface area contributed by atoms with E-state index in [1.807, 2.05) is 0 Å². The van der Waals surface area contributed by atoms with Crippen molar-refractivity contribution in [2.24, 2.45) is 0 Å². The largest absolute Gasteiger partial charge is 0.0916 e. The first-order valence-corrected chi connectivity index (χ1v) is 5.54. The van der Waals surface area contributed by atoms with Crippen LogP contribution in [0.5, 0.6) is 0 Å². The van der Waals surface area contributed by atoms with E-state index in [2.05, 4.69) is 56.3 Å². The zero-order valence-electron chi connectivity index (χ0n) is 9.24. The second-order valence-electron chi connectivity index (χ2n) is 3.70. The topological polar surface area (TPSA) is 0 Å². The molecule has 1 aromatic carbocycles. The number of hydrogen-bond donors (Lipinski definition) is 0. The van der Waals surface area contributed by atoms with Crippen molar-refractivity contribution in [1.29, 1.82) is 0 Å². The summed E-state index contributed by atoms with van der Waals surface area (Å²) in [7, 11) is 0. The van der Waals surface area contributed by atoms with Crippen molar-refractivity contribution in [2.45, 2.75) is 39.0 Å². The average molecular weight is 188 g/mol. The molecule has 0 aliphatic rings. The van der Waals surface area contributed by atoms with E-state index in [-0.39, 0.29) is 0 Å². The molecule has 76 valence electrons. The molecule has 0 nitrogen and oxygen atoms in total. The Labute approximate surface area is 87.7 Å². The Kier molecular flexibility index (Phi) is 5.06. The van der Waals surface area contributed by atoms with Crippen molar-refractivity contribution in [3.05, 3.63) is 48.0 Å². The SMILES string of the molecule is C/C=C/CC(CCC)c1ccccc1. The lowest BCUT2D eigenvalue weighted by Gasteiger charge is -2.14. The van der Waals surface area contributed by atoms with Crippen LogP contribution >= 0.6 is 0 Å². The highest BCUT2D eigenvalue weighted by Crippen LogP contribution is 2.24. The molecule has 1 atom stereocenters. The van der Waals surface area contributed by atoms with Gasteiger partial charge in [-0.1, -0.05) is 55.8 Å². The first-order chi connectivity index (χ1) is 6.88. The first-order valence-electron chi connectivity index (χ1n) is 5.54. The molecule has 0 spiro atoms. The molecule has 0 aliphatic heterocycles. The van der Waals surface area contributed by atoms with Crippen molar-refractivity contribution in [3.63, 3.8) is 0 Å². The van der Waals surface area contributed by atoms with Gasteiger partial charge in [0.2, 0.25) is 0 Å². The van der Waals surface area contributed by atoms with Gasteiger partial charge >= 0.3 is 0 Å². The van der Waals surface area contributed by atoms with Gasteiger partial charge in [-0.15, -0.1) is 0 Å². The summed E-state index contributed by atoms with van der Waals surface area (Å²) < 4.78 is 0. The minimum absolute atomic E-state index is 0.706.